The highest BCUT2D eigenvalue weighted by Gasteiger charge is 2.25. The summed E-state index contributed by atoms with van der Waals surface area (Å²) in [5.41, 5.74) is 1.84. The van der Waals surface area contributed by atoms with Crippen LogP contribution in [0.3, 0.4) is 0 Å². The van der Waals surface area contributed by atoms with E-state index in [0.717, 1.165) is 42.5 Å². The number of aromatic nitrogens is 2. The molecule has 0 aliphatic rings. The van der Waals surface area contributed by atoms with Gasteiger partial charge in [-0.15, -0.1) is 0 Å². The van der Waals surface area contributed by atoms with Gasteiger partial charge in [0.2, 0.25) is 0 Å². The molecule has 2 rings (SSSR count). The molecule has 6 nitrogen and oxygen atoms in total. The maximum absolute atomic E-state index is 12.6. The van der Waals surface area contributed by atoms with Gasteiger partial charge in [0.15, 0.2) is 24.1 Å². The molecule has 0 aliphatic heterocycles. The number of halogens is 1. The number of carbonyl (C=O) groups is 2. The van der Waals surface area contributed by atoms with Crippen molar-refractivity contribution in [1.82, 2.24) is 4.57 Å². The maximum atomic E-state index is 12.6. The molecule has 0 amide bonds. The summed E-state index contributed by atoms with van der Waals surface area (Å²) in [5.74, 6) is 0.377. The lowest BCUT2D eigenvalue weighted by Gasteiger charge is -2.06. The number of ether oxygens (including phenoxy) is 2. The molecule has 0 fully saturated rings. The first-order chi connectivity index (χ1) is 18.6. The summed E-state index contributed by atoms with van der Waals surface area (Å²) < 4.78 is 15.0. The molecular formula is C32H53ClN2O4. The smallest absolute Gasteiger partial charge is 0.348 e. The van der Waals surface area contributed by atoms with Gasteiger partial charge in [-0.3, -0.25) is 0 Å². The molecule has 7 heteroatoms. The molecule has 0 saturated heterocycles. The molecular weight excluding hydrogens is 512 g/mol. The highest BCUT2D eigenvalue weighted by atomic mass is 35.5. The van der Waals surface area contributed by atoms with Crippen LogP contribution in [0, 0.1) is 6.92 Å². The van der Waals surface area contributed by atoms with Crippen LogP contribution in [-0.2, 0) is 32.2 Å². The van der Waals surface area contributed by atoms with Gasteiger partial charge in [0.25, 0.3) is 5.82 Å². The summed E-state index contributed by atoms with van der Waals surface area (Å²) in [5, 5.41) is 0. The molecule has 222 valence electrons. The number of fused-ring (bicyclic) bond motifs is 1. The fourth-order valence-corrected chi connectivity index (χ4v) is 5.01. The third-order valence-corrected chi connectivity index (χ3v) is 7.34. The van der Waals surface area contributed by atoms with Crippen molar-refractivity contribution in [3.63, 3.8) is 0 Å². The van der Waals surface area contributed by atoms with Crippen LogP contribution in [0.2, 0.25) is 0 Å². The van der Waals surface area contributed by atoms with E-state index in [1.54, 1.807) is 0 Å². The van der Waals surface area contributed by atoms with Gasteiger partial charge in [-0.1, -0.05) is 116 Å². The average Bonchev–Trinajstić information content (AvgIpc) is 3.17. The summed E-state index contributed by atoms with van der Waals surface area (Å²) in [7, 11) is 0. The molecule has 0 radical (unpaired) electrons. The lowest BCUT2D eigenvalue weighted by Crippen LogP contribution is -3.00. The summed E-state index contributed by atoms with van der Waals surface area (Å²) in [4.78, 5) is 25.2. The van der Waals surface area contributed by atoms with Crippen LogP contribution < -0.4 is 17.0 Å². The predicted molar refractivity (Wildman–Crippen MR) is 154 cm³/mol. The topological polar surface area (TPSA) is 61.4 Å². The maximum Gasteiger partial charge on any atom is 0.348 e. The van der Waals surface area contributed by atoms with Crippen molar-refractivity contribution in [3.8, 4) is 0 Å². The Kier molecular flexibility index (Phi) is 19.5. The first-order valence-electron chi connectivity index (χ1n) is 15.4. The Labute approximate surface area is 243 Å². The van der Waals surface area contributed by atoms with E-state index in [1.807, 2.05) is 40.3 Å². The second-order valence-corrected chi connectivity index (χ2v) is 10.6. The predicted octanol–water partition coefficient (Wildman–Crippen LogP) is 4.61. The molecule has 0 N–H and O–H groups in total. The lowest BCUT2D eigenvalue weighted by molar-refractivity contribution is -0.667. The van der Waals surface area contributed by atoms with Gasteiger partial charge in [-0.2, -0.15) is 0 Å². The summed E-state index contributed by atoms with van der Waals surface area (Å²) in [6.45, 7) is 7.64. The lowest BCUT2D eigenvalue weighted by atomic mass is 10.1. The fourth-order valence-electron chi connectivity index (χ4n) is 5.01. The number of esters is 2. The Morgan fingerprint density at radius 3 is 1.69 bits per heavy atom. The Morgan fingerprint density at radius 2 is 1.15 bits per heavy atom. The largest absolute Gasteiger partial charge is 1.00 e. The number of para-hydroxylation sites is 2. The third kappa shape index (κ3) is 13.7. The minimum Gasteiger partial charge on any atom is -1.00 e. The fraction of sp³-hybridized carbons (Fsp3) is 0.719. The van der Waals surface area contributed by atoms with E-state index in [2.05, 4.69) is 13.8 Å². The van der Waals surface area contributed by atoms with Gasteiger partial charge in [0.1, 0.15) is 0 Å². The minimum absolute atomic E-state index is 0. The SMILES string of the molecule is CCCCCCCCCCOC(=O)Cn1c(C)[n+](CC(=O)OCCCCCCCCCC)c2ccccc21.[Cl-]. The number of unbranched alkanes of at least 4 members (excludes halogenated alkanes) is 14. The van der Waals surface area contributed by atoms with Crippen molar-refractivity contribution in [2.24, 2.45) is 0 Å². The van der Waals surface area contributed by atoms with Crippen LogP contribution in [0.4, 0.5) is 0 Å². The van der Waals surface area contributed by atoms with Crippen molar-refractivity contribution in [1.29, 1.82) is 0 Å². The van der Waals surface area contributed by atoms with Gasteiger partial charge < -0.3 is 21.9 Å². The molecule has 1 aromatic carbocycles. The standard InChI is InChI=1S/C32H53N2O4.ClH/c1-4-6-8-10-12-14-16-20-24-37-31(35)26-33-28(3)34(30-23-19-18-22-29(30)33)27-32(36)38-25-21-17-15-13-11-9-7-5-2;/h18-19,22-23H,4-17,20-21,24-27H2,1-3H3;1H/q+1;/p-1. The minimum atomic E-state index is -0.235. The van der Waals surface area contributed by atoms with Crippen LogP contribution in [0.1, 0.15) is 122 Å². The van der Waals surface area contributed by atoms with Crippen LogP contribution in [0.15, 0.2) is 24.3 Å². The molecule has 0 unspecified atom stereocenters. The second kappa shape index (κ2) is 21.7. The molecule has 0 spiro atoms. The number of nitrogens with zero attached hydrogens (tertiary/aromatic N) is 2. The molecule has 0 aliphatic carbocycles. The van der Waals surface area contributed by atoms with E-state index in [4.69, 9.17) is 9.47 Å². The zero-order valence-corrected chi connectivity index (χ0v) is 25.6. The highest BCUT2D eigenvalue weighted by molar-refractivity contribution is 5.77. The number of hydrogen-bond donors (Lipinski definition) is 0. The van der Waals surface area contributed by atoms with Crippen molar-refractivity contribution in [2.75, 3.05) is 13.2 Å². The third-order valence-electron chi connectivity index (χ3n) is 7.34. The van der Waals surface area contributed by atoms with Crippen LogP contribution >= 0.6 is 0 Å². The average molecular weight is 565 g/mol. The van der Waals surface area contributed by atoms with Gasteiger partial charge in [-0.05, 0) is 25.0 Å². The van der Waals surface area contributed by atoms with E-state index in [-0.39, 0.29) is 37.4 Å². The first kappa shape index (κ1) is 34.9. The molecule has 39 heavy (non-hydrogen) atoms. The van der Waals surface area contributed by atoms with Crippen LogP contribution in [-0.4, -0.2) is 29.7 Å². The van der Waals surface area contributed by atoms with Crippen molar-refractivity contribution < 1.29 is 36.0 Å². The number of carbonyl (C=O) groups excluding carboxylic acids is 2. The number of benzene rings is 1. The molecule has 1 heterocycles. The van der Waals surface area contributed by atoms with E-state index in [9.17, 15) is 9.59 Å². The molecule has 0 saturated carbocycles. The molecule has 1 aromatic heterocycles. The van der Waals surface area contributed by atoms with Gasteiger partial charge in [-0.25, -0.2) is 18.7 Å². The normalized spacial score (nSPS) is 10.9. The molecule has 2 aromatic rings. The molecule has 0 atom stereocenters. The number of hydrogen-bond acceptors (Lipinski definition) is 4. The second-order valence-electron chi connectivity index (χ2n) is 10.6. The Morgan fingerprint density at radius 1 is 0.692 bits per heavy atom. The van der Waals surface area contributed by atoms with E-state index in [1.165, 1.54) is 77.0 Å². The summed E-state index contributed by atoms with van der Waals surface area (Å²) in [6.07, 6.45) is 19.4. The molecule has 0 bridgehead atoms. The Bertz CT molecular complexity index is 871. The zero-order chi connectivity index (χ0) is 27.4. The zero-order valence-electron chi connectivity index (χ0n) is 24.9. The number of rotatable bonds is 22. The Balaban J connectivity index is 0.00000760. The van der Waals surface area contributed by atoms with Crippen molar-refractivity contribution in [2.45, 2.75) is 137 Å². The summed E-state index contributed by atoms with van der Waals surface area (Å²) >= 11 is 0. The van der Waals surface area contributed by atoms with E-state index < -0.39 is 0 Å². The van der Waals surface area contributed by atoms with Gasteiger partial charge in [0.05, 0.1) is 13.2 Å². The number of imidazole rings is 1. The monoisotopic (exact) mass is 564 g/mol. The van der Waals surface area contributed by atoms with Crippen LogP contribution in [0.25, 0.3) is 11.0 Å². The van der Waals surface area contributed by atoms with Crippen molar-refractivity contribution in [3.05, 3.63) is 30.1 Å². The summed E-state index contributed by atoms with van der Waals surface area (Å²) in [6, 6.07) is 7.87. The van der Waals surface area contributed by atoms with E-state index in [0.29, 0.717) is 13.2 Å². The van der Waals surface area contributed by atoms with E-state index >= 15 is 0 Å². The first-order valence-corrected chi connectivity index (χ1v) is 15.4. The van der Waals surface area contributed by atoms with Crippen LogP contribution in [0.5, 0.6) is 0 Å². The highest BCUT2D eigenvalue weighted by Crippen LogP contribution is 2.15. The van der Waals surface area contributed by atoms with Crippen molar-refractivity contribution >= 4 is 23.0 Å². The Hall–Kier alpha value is -2.08. The quantitative estimate of drug-likeness (QED) is 0.119. The van der Waals surface area contributed by atoms with Gasteiger partial charge >= 0.3 is 11.9 Å². The van der Waals surface area contributed by atoms with Gasteiger partial charge in [0, 0.05) is 6.92 Å².